The number of benzene rings is 1. The van der Waals surface area contributed by atoms with Crippen molar-refractivity contribution in [3.05, 3.63) is 36.4 Å². The van der Waals surface area contributed by atoms with Crippen molar-refractivity contribution in [2.75, 3.05) is 13.1 Å². The molecule has 0 unspecified atom stereocenters. The maximum Gasteiger partial charge on any atom is 0.133 e. The van der Waals surface area contributed by atoms with Crippen molar-refractivity contribution in [3.8, 4) is 0 Å². The molecule has 0 aromatic heterocycles. The lowest BCUT2D eigenvalue weighted by atomic mass is 10.4. The highest BCUT2D eigenvalue weighted by molar-refractivity contribution is 5.51. The van der Waals surface area contributed by atoms with Gasteiger partial charge in [0.15, 0.2) is 0 Å². The van der Waals surface area contributed by atoms with E-state index in [1.54, 1.807) is 0 Å². The number of carbonyl (C=O) groups excluding carboxylic acids is 2. The fourth-order valence-corrected chi connectivity index (χ4v) is 0.385. The van der Waals surface area contributed by atoms with Gasteiger partial charge in [-0.3, -0.25) is 0 Å². The van der Waals surface area contributed by atoms with Gasteiger partial charge >= 0.3 is 0 Å². The number of hydrogen-bond donors (Lipinski definition) is 2. The molecule has 0 aliphatic heterocycles. The highest BCUT2D eigenvalue weighted by Gasteiger charge is 1.58. The SMILES string of the molecule is CC.CC.CCCC.NCC=O.NCC=O.[HH].[HH].c1ccccc1. The molecule has 136 valence electrons. The van der Waals surface area contributed by atoms with Gasteiger partial charge in [-0.2, -0.15) is 0 Å². The van der Waals surface area contributed by atoms with Crippen LogP contribution in [0.15, 0.2) is 36.4 Å². The minimum Gasteiger partial charge on any atom is -0.324 e. The average Bonchev–Trinajstić information content (AvgIpc) is 2.67. The smallest absolute Gasteiger partial charge is 0.133 e. The van der Waals surface area contributed by atoms with Crippen LogP contribution in [0.4, 0.5) is 0 Å². The Balaban J connectivity index is -0.0000000297. The fraction of sp³-hybridized carbons (Fsp3) is 0.556. The molecule has 0 aliphatic carbocycles. The molecule has 0 atom stereocenters. The van der Waals surface area contributed by atoms with Crippen molar-refractivity contribution in [3.63, 3.8) is 0 Å². The topological polar surface area (TPSA) is 86.2 Å². The summed E-state index contributed by atoms with van der Waals surface area (Å²) in [5.74, 6) is 0. The molecular weight excluding hydrogens is 276 g/mol. The molecule has 0 spiro atoms. The van der Waals surface area contributed by atoms with Crippen LogP contribution in [0.1, 0.15) is 57.2 Å². The Morgan fingerprint density at radius 1 is 0.682 bits per heavy atom. The average molecular weight is 319 g/mol. The Labute approximate surface area is 141 Å². The van der Waals surface area contributed by atoms with Crippen molar-refractivity contribution in [2.45, 2.75) is 54.4 Å². The van der Waals surface area contributed by atoms with Gasteiger partial charge in [-0.15, -0.1) is 0 Å². The zero-order chi connectivity index (χ0) is 18.5. The summed E-state index contributed by atoms with van der Waals surface area (Å²) >= 11 is 0. The van der Waals surface area contributed by atoms with Gasteiger partial charge in [0, 0.05) is 15.9 Å². The summed E-state index contributed by atoms with van der Waals surface area (Å²) < 4.78 is 0. The summed E-state index contributed by atoms with van der Waals surface area (Å²) in [5, 5.41) is 0. The van der Waals surface area contributed by atoms with Gasteiger partial charge in [0.1, 0.15) is 12.6 Å². The van der Waals surface area contributed by atoms with E-state index in [0.717, 1.165) is 0 Å². The fourth-order valence-electron chi connectivity index (χ4n) is 0.385. The van der Waals surface area contributed by atoms with Crippen LogP contribution < -0.4 is 11.5 Å². The van der Waals surface area contributed by atoms with Gasteiger partial charge in [-0.1, -0.05) is 90.8 Å². The molecule has 0 heterocycles. The highest BCUT2D eigenvalue weighted by Crippen LogP contribution is 1.79. The molecule has 0 amide bonds. The summed E-state index contributed by atoms with van der Waals surface area (Å²) in [5.41, 5.74) is 9.32. The summed E-state index contributed by atoms with van der Waals surface area (Å²) in [7, 11) is 0. The molecule has 0 aliphatic rings. The minimum atomic E-state index is 0. The predicted molar refractivity (Wildman–Crippen MR) is 104 cm³/mol. The van der Waals surface area contributed by atoms with Crippen molar-refractivity contribution in [1.29, 1.82) is 0 Å². The Morgan fingerprint density at radius 3 is 0.864 bits per heavy atom. The zero-order valence-corrected chi connectivity index (χ0v) is 15.4. The maximum atomic E-state index is 9.05. The van der Waals surface area contributed by atoms with E-state index in [4.69, 9.17) is 9.59 Å². The second kappa shape index (κ2) is 60.6. The van der Waals surface area contributed by atoms with Crippen molar-refractivity contribution >= 4 is 12.6 Å². The van der Waals surface area contributed by atoms with Gasteiger partial charge in [0.2, 0.25) is 0 Å². The molecule has 4 heteroatoms. The second-order valence-corrected chi connectivity index (χ2v) is 2.96. The first kappa shape index (κ1) is 32.4. The number of rotatable bonds is 3. The second-order valence-electron chi connectivity index (χ2n) is 2.96. The van der Waals surface area contributed by atoms with Crippen LogP contribution in [0.25, 0.3) is 0 Å². The Bertz CT molecular complexity index is 203. The van der Waals surface area contributed by atoms with Gasteiger partial charge in [-0.25, -0.2) is 0 Å². The number of nitrogens with two attached hydrogens (primary N) is 2. The van der Waals surface area contributed by atoms with E-state index in [1.807, 2.05) is 64.1 Å². The van der Waals surface area contributed by atoms with E-state index in [1.165, 1.54) is 12.8 Å². The standard InChI is InChI=1S/C6H6.C4H10.2C2H5NO.2C2H6.2H2/c1-2-4-6-5-3-1;1-3-4-2;2*3-1-2-4;2*1-2;;/h1-6H;3-4H2,1-2H3;2*2H,1,3H2;2*1-2H3;2*1H. The molecule has 1 aromatic rings. The first-order valence-corrected chi connectivity index (χ1v) is 8.02. The van der Waals surface area contributed by atoms with Gasteiger partial charge < -0.3 is 21.1 Å². The van der Waals surface area contributed by atoms with Crippen LogP contribution in [-0.4, -0.2) is 25.7 Å². The maximum absolute atomic E-state index is 9.05. The Kier molecular flexibility index (Phi) is 89.3. The minimum absolute atomic E-state index is 0. The molecule has 1 aromatic carbocycles. The highest BCUT2D eigenvalue weighted by atomic mass is 16.1. The van der Waals surface area contributed by atoms with Gasteiger partial charge in [0.25, 0.3) is 0 Å². The lowest BCUT2D eigenvalue weighted by Gasteiger charge is -1.69. The van der Waals surface area contributed by atoms with E-state index in [9.17, 15) is 0 Å². The zero-order valence-electron chi connectivity index (χ0n) is 15.4. The van der Waals surface area contributed by atoms with E-state index in [0.29, 0.717) is 12.6 Å². The third kappa shape index (κ3) is 101. The molecule has 0 saturated heterocycles. The third-order valence-corrected chi connectivity index (χ3v) is 1.36. The predicted octanol–water partition coefficient (Wildman–Crippen LogP) is 4.33. The largest absolute Gasteiger partial charge is 0.324 e. The van der Waals surface area contributed by atoms with Crippen LogP contribution in [0, 0.1) is 0 Å². The monoisotopic (exact) mass is 318 g/mol. The summed E-state index contributed by atoms with van der Waals surface area (Å²) in [4.78, 5) is 18.1. The van der Waals surface area contributed by atoms with E-state index in [2.05, 4.69) is 25.3 Å². The lowest BCUT2D eigenvalue weighted by molar-refractivity contribution is -0.107. The van der Waals surface area contributed by atoms with Crippen LogP contribution in [0.3, 0.4) is 0 Å². The number of aldehydes is 2. The lowest BCUT2D eigenvalue weighted by Crippen LogP contribution is -1.97. The van der Waals surface area contributed by atoms with Crippen molar-refractivity contribution in [1.82, 2.24) is 0 Å². The molecule has 0 radical (unpaired) electrons. The molecule has 4 N–H and O–H groups in total. The molecule has 22 heavy (non-hydrogen) atoms. The summed E-state index contributed by atoms with van der Waals surface area (Å²) in [6.45, 7) is 12.6. The molecule has 1 rings (SSSR count). The van der Waals surface area contributed by atoms with Crippen molar-refractivity contribution < 1.29 is 12.4 Å². The molecule has 0 fully saturated rings. The van der Waals surface area contributed by atoms with E-state index < -0.39 is 0 Å². The van der Waals surface area contributed by atoms with Crippen molar-refractivity contribution in [2.24, 2.45) is 11.5 Å². The molecule has 4 nitrogen and oxygen atoms in total. The Hall–Kier alpha value is -1.52. The third-order valence-electron chi connectivity index (χ3n) is 1.36. The van der Waals surface area contributed by atoms with E-state index in [-0.39, 0.29) is 15.9 Å². The van der Waals surface area contributed by atoms with Crippen LogP contribution in [-0.2, 0) is 9.59 Å². The molecular formula is C18H42N2O2. The number of unbranched alkanes of at least 4 members (excludes halogenated alkanes) is 1. The number of carbonyl (C=O) groups is 2. The number of hydrogen-bond acceptors (Lipinski definition) is 4. The molecule has 0 saturated carbocycles. The first-order chi connectivity index (χ1) is 10.7. The van der Waals surface area contributed by atoms with Crippen LogP contribution in [0.2, 0.25) is 0 Å². The Morgan fingerprint density at radius 2 is 0.818 bits per heavy atom. The van der Waals surface area contributed by atoms with Gasteiger partial charge in [-0.05, 0) is 0 Å². The quantitative estimate of drug-likeness (QED) is 0.812. The first-order valence-electron chi connectivity index (χ1n) is 8.02. The van der Waals surface area contributed by atoms with Gasteiger partial charge in [0.05, 0.1) is 0 Å². The summed E-state index contributed by atoms with van der Waals surface area (Å²) in [6, 6.07) is 12.0. The van der Waals surface area contributed by atoms with Crippen LogP contribution >= 0.6 is 0 Å². The molecule has 0 bridgehead atoms. The van der Waals surface area contributed by atoms with E-state index >= 15 is 0 Å². The normalized spacial score (nSPS) is 6.36. The summed E-state index contributed by atoms with van der Waals surface area (Å²) in [6.07, 6.45) is 3.94. The van der Waals surface area contributed by atoms with Crippen LogP contribution in [0.5, 0.6) is 0 Å².